The molecule has 3 aromatic heterocycles. The van der Waals surface area contributed by atoms with Crippen LogP contribution in [-0.4, -0.2) is 35.9 Å². The maximum atomic E-state index is 13.4. The molecule has 0 bridgehead atoms. The van der Waals surface area contributed by atoms with E-state index in [9.17, 15) is 4.39 Å². The number of benzene rings is 1. The molecule has 0 N–H and O–H groups in total. The van der Waals surface area contributed by atoms with Crippen LogP contribution >= 0.6 is 0 Å². The van der Waals surface area contributed by atoms with Gasteiger partial charge in [0.05, 0.1) is 24.0 Å². The summed E-state index contributed by atoms with van der Waals surface area (Å²) in [5.74, 6) is 3.19. The Bertz CT molecular complexity index is 1250. The van der Waals surface area contributed by atoms with Crippen LogP contribution in [0.3, 0.4) is 0 Å². The molecule has 8 nitrogen and oxygen atoms in total. The Morgan fingerprint density at radius 2 is 1.90 bits per heavy atom. The minimum Gasteiger partial charge on any atom is -0.356 e. The molecule has 0 spiro atoms. The fourth-order valence-corrected chi connectivity index (χ4v) is 4.20. The smallest absolute Gasteiger partial charge is 0.177 e. The molecule has 4 aromatic rings. The van der Waals surface area contributed by atoms with Crippen LogP contribution in [0.4, 0.5) is 10.2 Å². The summed E-state index contributed by atoms with van der Waals surface area (Å²) in [6.07, 6.45) is 4.25. The van der Waals surface area contributed by atoms with Crippen LogP contribution in [0.5, 0.6) is 0 Å². The molecule has 0 aliphatic carbocycles. The SMILES string of the molecule is CCC1c2nnc(C)n2-c2cnc(-c3cnoc3-c3ccc(F)cc3)nc2N1C(C)C. The second-order valence-corrected chi connectivity index (χ2v) is 7.84. The molecule has 1 atom stereocenters. The van der Waals surface area contributed by atoms with Crippen molar-refractivity contribution >= 4 is 5.82 Å². The van der Waals surface area contributed by atoms with E-state index in [1.807, 2.05) is 11.5 Å². The average molecular weight is 419 g/mol. The summed E-state index contributed by atoms with van der Waals surface area (Å²) in [4.78, 5) is 11.8. The van der Waals surface area contributed by atoms with Gasteiger partial charge in [-0.15, -0.1) is 10.2 Å². The molecule has 1 aromatic carbocycles. The van der Waals surface area contributed by atoms with Crippen LogP contribution in [0, 0.1) is 12.7 Å². The van der Waals surface area contributed by atoms with Gasteiger partial charge in [0.2, 0.25) is 0 Å². The third-order valence-corrected chi connectivity index (χ3v) is 5.58. The monoisotopic (exact) mass is 419 g/mol. The molecule has 0 fully saturated rings. The number of hydrogen-bond donors (Lipinski definition) is 0. The van der Waals surface area contributed by atoms with Crippen molar-refractivity contribution in [2.75, 3.05) is 4.90 Å². The van der Waals surface area contributed by atoms with Crippen molar-refractivity contribution in [1.29, 1.82) is 0 Å². The van der Waals surface area contributed by atoms with E-state index in [1.54, 1.807) is 24.5 Å². The Morgan fingerprint density at radius 3 is 2.61 bits per heavy atom. The second-order valence-electron chi connectivity index (χ2n) is 7.84. The second kappa shape index (κ2) is 7.26. The molecule has 31 heavy (non-hydrogen) atoms. The highest BCUT2D eigenvalue weighted by atomic mass is 19.1. The molecular weight excluding hydrogens is 397 g/mol. The molecule has 0 saturated heterocycles. The molecule has 0 radical (unpaired) electrons. The highest BCUT2D eigenvalue weighted by molar-refractivity contribution is 5.77. The predicted molar refractivity (Wildman–Crippen MR) is 113 cm³/mol. The normalized spacial score (nSPS) is 15.3. The summed E-state index contributed by atoms with van der Waals surface area (Å²) < 4.78 is 20.9. The molecule has 0 amide bonds. The van der Waals surface area contributed by atoms with Crippen molar-refractivity contribution in [3.8, 4) is 28.4 Å². The first-order chi connectivity index (χ1) is 15.0. The largest absolute Gasteiger partial charge is 0.356 e. The van der Waals surface area contributed by atoms with Gasteiger partial charge in [0.15, 0.2) is 23.2 Å². The Hall–Kier alpha value is -3.62. The predicted octanol–water partition coefficient (Wildman–Crippen LogP) is 4.51. The Morgan fingerprint density at radius 1 is 1.13 bits per heavy atom. The molecule has 1 aliphatic rings. The third kappa shape index (κ3) is 2.99. The number of halogens is 1. The zero-order chi connectivity index (χ0) is 21.7. The lowest BCUT2D eigenvalue weighted by Crippen LogP contribution is -2.40. The first-order valence-corrected chi connectivity index (χ1v) is 10.3. The van der Waals surface area contributed by atoms with Crippen molar-refractivity contribution in [2.24, 2.45) is 0 Å². The third-order valence-electron chi connectivity index (χ3n) is 5.58. The average Bonchev–Trinajstić information content (AvgIpc) is 3.40. The Balaban J connectivity index is 1.68. The van der Waals surface area contributed by atoms with Gasteiger partial charge in [-0.2, -0.15) is 0 Å². The lowest BCUT2D eigenvalue weighted by Gasteiger charge is -2.39. The van der Waals surface area contributed by atoms with Crippen molar-refractivity contribution in [3.05, 3.63) is 54.1 Å². The molecule has 1 aliphatic heterocycles. The van der Waals surface area contributed by atoms with Crippen molar-refractivity contribution in [2.45, 2.75) is 46.2 Å². The van der Waals surface area contributed by atoms with E-state index in [0.29, 0.717) is 22.7 Å². The molecule has 4 heterocycles. The van der Waals surface area contributed by atoms with Crippen LogP contribution in [0.1, 0.15) is 44.9 Å². The number of aryl methyl sites for hydroxylation is 1. The van der Waals surface area contributed by atoms with Gasteiger partial charge in [-0.25, -0.2) is 14.4 Å². The zero-order valence-electron chi connectivity index (χ0n) is 17.7. The lowest BCUT2D eigenvalue weighted by molar-refractivity contribution is 0.432. The first kappa shape index (κ1) is 19.3. The number of hydrogen-bond acceptors (Lipinski definition) is 7. The number of aromatic nitrogens is 6. The Kier molecular flexibility index (Phi) is 4.53. The van der Waals surface area contributed by atoms with Gasteiger partial charge in [0.1, 0.15) is 17.3 Å². The van der Waals surface area contributed by atoms with Crippen LogP contribution in [0.2, 0.25) is 0 Å². The summed E-state index contributed by atoms with van der Waals surface area (Å²) in [5, 5.41) is 12.7. The Labute approximate surface area is 178 Å². The number of fused-ring (bicyclic) bond motifs is 3. The summed E-state index contributed by atoms with van der Waals surface area (Å²) in [5.41, 5.74) is 2.20. The van der Waals surface area contributed by atoms with Gasteiger partial charge in [0.25, 0.3) is 0 Å². The summed E-state index contributed by atoms with van der Waals surface area (Å²) in [7, 11) is 0. The number of anilines is 1. The van der Waals surface area contributed by atoms with Gasteiger partial charge in [-0.05, 0) is 51.5 Å². The maximum absolute atomic E-state index is 13.4. The molecule has 5 rings (SSSR count). The molecular formula is C22H22FN7O. The van der Waals surface area contributed by atoms with Gasteiger partial charge in [-0.3, -0.25) is 4.57 Å². The van der Waals surface area contributed by atoms with E-state index < -0.39 is 0 Å². The van der Waals surface area contributed by atoms with E-state index in [2.05, 4.69) is 46.0 Å². The quantitative estimate of drug-likeness (QED) is 0.481. The molecule has 9 heteroatoms. The van der Waals surface area contributed by atoms with Crippen LogP contribution in [-0.2, 0) is 0 Å². The molecule has 1 unspecified atom stereocenters. The molecule has 158 valence electrons. The van der Waals surface area contributed by atoms with Crippen LogP contribution in [0.15, 0.2) is 41.2 Å². The lowest BCUT2D eigenvalue weighted by atomic mass is 10.1. The van der Waals surface area contributed by atoms with E-state index in [-0.39, 0.29) is 17.9 Å². The van der Waals surface area contributed by atoms with Gasteiger partial charge >= 0.3 is 0 Å². The fourth-order valence-electron chi connectivity index (χ4n) is 4.20. The highest BCUT2D eigenvalue weighted by Crippen LogP contribution is 2.41. The van der Waals surface area contributed by atoms with Crippen LogP contribution < -0.4 is 4.90 Å². The van der Waals surface area contributed by atoms with Gasteiger partial charge in [-0.1, -0.05) is 12.1 Å². The maximum Gasteiger partial charge on any atom is 0.177 e. The number of rotatable bonds is 4. The highest BCUT2D eigenvalue weighted by Gasteiger charge is 2.36. The van der Waals surface area contributed by atoms with E-state index >= 15 is 0 Å². The van der Waals surface area contributed by atoms with Crippen molar-refractivity contribution in [3.63, 3.8) is 0 Å². The van der Waals surface area contributed by atoms with Gasteiger partial charge < -0.3 is 9.42 Å². The topological polar surface area (TPSA) is 85.8 Å². The summed E-state index contributed by atoms with van der Waals surface area (Å²) >= 11 is 0. The van der Waals surface area contributed by atoms with E-state index in [1.165, 1.54) is 12.1 Å². The summed E-state index contributed by atoms with van der Waals surface area (Å²) in [6, 6.07) is 6.32. The zero-order valence-corrected chi connectivity index (χ0v) is 17.7. The first-order valence-electron chi connectivity index (χ1n) is 10.3. The number of nitrogens with zero attached hydrogens (tertiary/aromatic N) is 7. The summed E-state index contributed by atoms with van der Waals surface area (Å²) in [6.45, 7) is 8.33. The van der Waals surface area contributed by atoms with Crippen LogP contribution in [0.25, 0.3) is 28.4 Å². The van der Waals surface area contributed by atoms with Crippen molar-refractivity contribution < 1.29 is 8.91 Å². The fraction of sp³-hybridized carbons (Fsp3) is 0.318. The van der Waals surface area contributed by atoms with Crippen molar-refractivity contribution in [1.82, 2.24) is 29.9 Å². The van der Waals surface area contributed by atoms with Gasteiger partial charge in [0, 0.05) is 11.6 Å². The van der Waals surface area contributed by atoms with E-state index in [4.69, 9.17) is 9.51 Å². The standard InChI is InChI=1S/C22H22FN7O/c1-5-17-22-28-27-13(4)30(22)18-11-24-20(26-21(18)29(17)12(2)3)16-10-25-31-19(16)14-6-8-15(23)9-7-14/h6-12,17H,5H2,1-4H3. The van der Waals surface area contributed by atoms with E-state index in [0.717, 1.165) is 29.6 Å². The molecule has 0 saturated carbocycles. The minimum absolute atomic E-state index is 0.0514. The minimum atomic E-state index is -0.312.